The van der Waals surface area contributed by atoms with Crippen molar-refractivity contribution in [1.82, 2.24) is 20.5 Å². The molecule has 2 aromatic heterocycles. The molecule has 0 bridgehead atoms. The van der Waals surface area contributed by atoms with Gasteiger partial charge in [0.15, 0.2) is 5.65 Å². The van der Waals surface area contributed by atoms with Crippen molar-refractivity contribution in [1.29, 1.82) is 0 Å². The summed E-state index contributed by atoms with van der Waals surface area (Å²) in [6.45, 7) is 1.98. The van der Waals surface area contributed by atoms with Crippen molar-refractivity contribution in [3.05, 3.63) is 27.7 Å². The first kappa shape index (κ1) is 14.5. The first-order valence-corrected chi connectivity index (χ1v) is 8.50. The molecule has 4 rings (SSSR count). The van der Waals surface area contributed by atoms with Crippen LogP contribution < -0.4 is 10.9 Å². The number of hydrogen-bond acceptors (Lipinski definition) is 3. The lowest BCUT2D eigenvalue weighted by atomic mass is 9.77. The third-order valence-electron chi connectivity index (χ3n) is 5.23. The van der Waals surface area contributed by atoms with Crippen LogP contribution in [0.25, 0.3) is 11.0 Å². The van der Waals surface area contributed by atoms with E-state index in [0.717, 1.165) is 55.2 Å². The van der Waals surface area contributed by atoms with Crippen LogP contribution in [-0.4, -0.2) is 27.1 Å². The molecule has 2 heterocycles. The monoisotopic (exact) mass is 314 g/mol. The SMILES string of the molecule is Cc1[nH]nc2[nH]c(=O)cc(C3CCC(C(=O)NC4CC4)CC3)c12. The summed E-state index contributed by atoms with van der Waals surface area (Å²) in [6, 6.07) is 2.14. The van der Waals surface area contributed by atoms with Gasteiger partial charge in [0.05, 0.1) is 0 Å². The molecule has 0 saturated heterocycles. The highest BCUT2D eigenvalue weighted by molar-refractivity contribution is 5.82. The quantitative estimate of drug-likeness (QED) is 0.810. The summed E-state index contributed by atoms with van der Waals surface area (Å²) in [7, 11) is 0. The average molecular weight is 314 g/mol. The van der Waals surface area contributed by atoms with Gasteiger partial charge in [-0.05, 0) is 56.9 Å². The molecule has 0 radical (unpaired) electrons. The van der Waals surface area contributed by atoms with Crippen LogP contribution >= 0.6 is 0 Å². The van der Waals surface area contributed by atoms with Crippen molar-refractivity contribution < 1.29 is 4.79 Å². The molecule has 122 valence electrons. The van der Waals surface area contributed by atoms with Crippen molar-refractivity contribution in [2.24, 2.45) is 5.92 Å². The third kappa shape index (κ3) is 2.78. The van der Waals surface area contributed by atoms with Gasteiger partial charge >= 0.3 is 0 Å². The summed E-state index contributed by atoms with van der Waals surface area (Å²) in [6.07, 6.45) is 5.96. The van der Waals surface area contributed by atoms with Crippen LogP contribution in [0.1, 0.15) is 55.7 Å². The molecule has 2 aliphatic carbocycles. The molecular formula is C17H22N4O2. The van der Waals surface area contributed by atoms with Gasteiger partial charge in [0, 0.05) is 29.1 Å². The number of nitrogens with zero attached hydrogens (tertiary/aromatic N) is 1. The molecule has 0 atom stereocenters. The second kappa shape index (κ2) is 5.51. The fourth-order valence-electron chi connectivity index (χ4n) is 3.77. The Labute approximate surface area is 134 Å². The molecule has 0 aromatic carbocycles. The minimum absolute atomic E-state index is 0.104. The van der Waals surface area contributed by atoms with E-state index in [-0.39, 0.29) is 17.4 Å². The minimum atomic E-state index is -0.104. The van der Waals surface area contributed by atoms with Gasteiger partial charge in [-0.25, -0.2) is 0 Å². The highest BCUT2D eigenvalue weighted by Crippen LogP contribution is 2.38. The fraction of sp³-hybridized carbons (Fsp3) is 0.588. The van der Waals surface area contributed by atoms with Crippen LogP contribution in [0, 0.1) is 12.8 Å². The summed E-state index contributed by atoms with van der Waals surface area (Å²) in [5.41, 5.74) is 2.60. The van der Waals surface area contributed by atoms with Crippen molar-refractivity contribution >= 4 is 16.9 Å². The molecule has 0 unspecified atom stereocenters. The van der Waals surface area contributed by atoms with Gasteiger partial charge in [0.25, 0.3) is 0 Å². The van der Waals surface area contributed by atoms with E-state index in [1.165, 1.54) is 0 Å². The number of aromatic amines is 2. The van der Waals surface area contributed by atoms with E-state index in [1.807, 2.05) is 6.92 Å². The number of nitrogens with one attached hydrogen (secondary N) is 3. The van der Waals surface area contributed by atoms with Crippen molar-refractivity contribution in [2.75, 3.05) is 0 Å². The number of carbonyl (C=O) groups is 1. The molecule has 6 heteroatoms. The van der Waals surface area contributed by atoms with Gasteiger partial charge in [-0.3, -0.25) is 14.7 Å². The lowest BCUT2D eigenvalue weighted by Crippen LogP contribution is -2.34. The van der Waals surface area contributed by atoms with Gasteiger partial charge in [-0.15, -0.1) is 0 Å². The van der Waals surface area contributed by atoms with Crippen LogP contribution in [0.5, 0.6) is 0 Å². The minimum Gasteiger partial charge on any atom is -0.353 e. The highest BCUT2D eigenvalue weighted by Gasteiger charge is 2.31. The molecule has 1 amide bonds. The molecule has 2 aromatic rings. The van der Waals surface area contributed by atoms with E-state index in [0.29, 0.717) is 17.6 Å². The molecule has 2 fully saturated rings. The number of carbonyl (C=O) groups excluding carboxylic acids is 1. The lowest BCUT2D eigenvalue weighted by Gasteiger charge is -2.28. The van der Waals surface area contributed by atoms with Gasteiger partial charge in [0.1, 0.15) is 0 Å². The maximum Gasteiger partial charge on any atom is 0.249 e. The Morgan fingerprint density at radius 3 is 2.65 bits per heavy atom. The van der Waals surface area contributed by atoms with Gasteiger partial charge in [-0.1, -0.05) is 0 Å². The Hall–Kier alpha value is -2.11. The predicted octanol–water partition coefficient (Wildman–Crippen LogP) is 2.11. The summed E-state index contributed by atoms with van der Waals surface area (Å²) < 4.78 is 0. The zero-order chi connectivity index (χ0) is 16.0. The van der Waals surface area contributed by atoms with Gasteiger partial charge in [0.2, 0.25) is 11.5 Å². The molecule has 6 nitrogen and oxygen atoms in total. The molecule has 0 spiro atoms. The van der Waals surface area contributed by atoms with Crippen molar-refractivity contribution in [2.45, 2.75) is 57.4 Å². The largest absolute Gasteiger partial charge is 0.353 e. The smallest absolute Gasteiger partial charge is 0.249 e. The van der Waals surface area contributed by atoms with Gasteiger partial charge in [-0.2, -0.15) is 5.10 Å². The number of pyridine rings is 1. The Morgan fingerprint density at radius 1 is 1.22 bits per heavy atom. The first-order chi connectivity index (χ1) is 11.1. The summed E-state index contributed by atoms with van der Waals surface area (Å²) in [4.78, 5) is 26.9. The number of fused-ring (bicyclic) bond motifs is 1. The second-order valence-electron chi connectivity index (χ2n) is 6.99. The van der Waals surface area contributed by atoms with E-state index in [9.17, 15) is 9.59 Å². The number of aryl methyl sites for hydroxylation is 1. The Kier molecular flexibility index (Phi) is 3.47. The van der Waals surface area contributed by atoms with Gasteiger partial charge < -0.3 is 10.3 Å². The Morgan fingerprint density at radius 2 is 1.96 bits per heavy atom. The van der Waals surface area contributed by atoms with Crippen molar-refractivity contribution in [3.8, 4) is 0 Å². The second-order valence-corrected chi connectivity index (χ2v) is 6.99. The number of rotatable bonds is 3. The molecule has 2 aliphatic rings. The maximum atomic E-state index is 12.2. The van der Waals surface area contributed by atoms with E-state index in [2.05, 4.69) is 20.5 Å². The summed E-state index contributed by atoms with van der Waals surface area (Å²) >= 11 is 0. The van der Waals surface area contributed by atoms with Crippen LogP contribution in [0.4, 0.5) is 0 Å². The highest BCUT2D eigenvalue weighted by atomic mass is 16.2. The Bertz CT molecular complexity index is 795. The van der Waals surface area contributed by atoms with Crippen LogP contribution in [-0.2, 0) is 4.79 Å². The molecular weight excluding hydrogens is 292 g/mol. The maximum absolute atomic E-state index is 12.2. The number of amides is 1. The predicted molar refractivity (Wildman–Crippen MR) is 87.3 cm³/mol. The molecule has 3 N–H and O–H groups in total. The van der Waals surface area contributed by atoms with Crippen LogP contribution in [0.3, 0.4) is 0 Å². The fourth-order valence-corrected chi connectivity index (χ4v) is 3.77. The lowest BCUT2D eigenvalue weighted by molar-refractivity contribution is -0.126. The first-order valence-electron chi connectivity index (χ1n) is 8.50. The van der Waals surface area contributed by atoms with E-state index in [4.69, 9.17) is 0 Å². The number of H-pyrrole nitrogens is 2. The zero-order valence-corrected chi connectivity index (χ0v) is 13.3. The Balaban J connectivity index is 1.53. The van der Waals surface area contributed by atoms with Crippen LogP contribution in [0.15, 0.2) is 10.9 Å². The normalized spacial score (nSPS) is 24.7. The zero-order valence-electron chi connectivity index (χ0n) is 13.3. The van der Waals surface area contributed by atoms with E-state index in [1.54, 1.807) is 6.07 Å². The standard InChI is InChI=1S/C17H22N4O2/c1-9-15-13(8-14(22)19-16(15)21-20-9)10-2-4-11(5-3-10)17(23)18-12-6-7-12/h8,10-12H,2-7H2,1H3,(H,18,23)(H2,19,20,21,22). The molecule has 23 heavy (non-hydrogen) atoms. The molecule has 2 saturated carbocycles. The number of hydrogen-bond donors (Lipinski definition) is 3. The third-order valence-corrected chi connectivity index (χ3v) is 5.23. The average Bonchev–Trinajstić information content (AvgIpc) is 3.29. The van der Waals surface area contributed by atoms with Crippen LogP contribution in [0.2, 0.25) is 0 Å². The van der Waals surface area contributed by atoms with Crippen molar-refractivity contribution in [3.63, 3.8) is 0 Å². The summed E-state index contributed by atoms with van der Waals surface area (Å²) in [5, 5.41) is 11.3. The van der Waals surface area contributed by atoms with E-state index >= 15 is 0 Å². The topological polar surface area (TPSA) is 90.6 Å². The van der Waals surface area contributed by atoms with E-state index < -0.39 is 0 Å². The number of aromatic nitrogens is 3. The summed E-state index contributed by atoms with van der Waals surface area (Å²) in [5.74, 6) is 0.692. The molecule has 0 aliphatic heterocycles.